The molecule has 0 unspecified atom stereocenters. The van der Waals surface area contributed by atoms with Gasteiger partial charge in [-0.15, -0.1) is 0 Å². The van der Waals surface area contributed by atoms with Crippen LogP contribution in [0.5, 0.6) is 0 Å². The van der Waals surface area contributed by atoms with Gasteiger partial charge >= 0.3 is 0 Å². The average molecular weight is 346 g/mol. The number of aryl methyl sites for hydroxylation is 1. The highest BCUT2D eigenvalue weighted by Gasteiger charge is 2.17. The van der Waals surface area contributed by atoms with Crippen molar-refractivity contribution in [3.05, 3.63) is 58.4 Å². The largest absolute Gasteiger partial charge is 0.346 e. The Morgan fingerprint density at radius 3 is 2.42 bits per heavy atom. The molecular formula is C18H20ClN3O2. The van der Waals surface area contributed by atoms with Crippen molar-refractivity contribution in [1.82, 2.24) is 10.3 Å². The number of hydrogen-bond acceptors (Lipinski definition) is 3. The summed E-state index contributed by atoms with van der Waals surface area (Å²) in [6.07, 6.45) is 1.44. The van der Waals surface area contributed by atoms with E-state index in [2.05, 4.69) is 15.6 Å². The number of halogens is 1. The molecule has 2 rings (SSSR count). The second-order valence-electron chi connectivity index (χ2n) is 6.55. The van der Waals surface area contributed by atoms with Crippen molar-refractivity contribution >= 4 is 29.1 Å². The van der Waals surface area contributed by atoms with Crippen molar-refractivity contribution in [3.8, 4) is 0 Å². The van der Waals surface area contributed by atoms with Gasteiger partial charge in [0.25, 0.3) is 11.8 Å². The van der Waals surface area contributed by atoms with Crippen LogP contribution in [0.25, 0.3) is 0 Å². The van der Waals surface area contributed by atoms with E-state index in [0.717, 1.165) is 5.56 Å². The summed E-state index contributed by atoms with van der Waals surface area (Å²) in [6.45, 7) is 7.52. The number of aromatic nitrogens is 1. The van der Waals surface area contributed by atoms with E-state index >= 15 is 0 Å². The second kappa shape index (κ2) is 7.01. The number of amides is 2. The first-order valence-electron chi connectivity index (χ1n) is 7.52. The number of carbonyl (C=O) groups is 2. The molecule has 0 atom stereocenters. The van der Waals surface area contributed by atoms with Gasteiger partial charge in [-0.25, -0.2) is 0 Å². The number of nitrogens with one attached hydrogen (secondary N) is 2. The number of carbonyl (C=O) groups excluding carboxylic acids is 2. The number of anilines is 1. The van der Waals surface area contributed by atoms with Crippen LogP contribution in [0.2, 0.25) is 5.02 Å². The van der Waals surface area contributed by atoms with E-state index in [-0.39, 0.29) is 23.0 Å². The SMILES string of the molecule is Cc1ccc(NC(=O)c2ccnc(C(=O)NC(C)(C)C)c2)cc1Cl. The summed E-state index contributed by atoms with van der Waals surface area (Å²) in [7, 11) is 0. The molecule has 0 aliphatic heterocycles. The van der Waals surface area contributed by atoms with Gasteiger partial charge in [-0.2, -0.15) is 0 Å². The molecule has 0 radical (unpaired) electrons. The van der Waals surface area contributed by atoms with Gasteiger partial charge in [0.05, 0.1) is 0 Å². The minimum Gasteiger partial charge on any atom is -0.346 e. The van der Waals surface area contributed by atoms with Gasteiger partial charge in [-0.1, -0.05) is 17.7 Å². The van der Waals surface area contributed by atoms with Crippen LogP contribution in [0.15, 0.2) is 36.5 Å². The van der Waals surface area contributed by atoms with Crippen molar-refractivity contribution in [1.29, 1.82) is 0 Å². The molecule has 0 saturated carbocycles. The molecule has 0 bridgehead atoms. The number of benzene rings is 1. The van der Waals surface area contributed by atoms with E-state index in [1.54, 1.807) is 18.2 Å². The molecule has 1 aromatic carbocycles. The summed E-state index contributed by atoms with van der Waals surface area (Å²) in [5.41, 5.74) is 1.68. The minimum atomic E-state index is -0.379. The maximum absolute atomic E-state index is 12.4. The Hall–Kier alpha value is -2.40. The molecular weight excluding hydrogens is 326 g/mol. The maximum Gasteiger partial charge on any atom is 0.270 e. The number of hydrogen-bond donors (Lipinski definition) is 2. The van der Waals surface area contributed by atoms with Crippen LogP contribution in [-0.2, 0) is 0 Å². The topological polar surface area (TPSA) is 71.1 Å². The lowest BCUT2D eigenvalue weighted by Gasteiger charge is -2.20. The van der Waals surface area contributed by atoms with Crippen molar-refractivity contribution in [2.75, 3.05) is 5.32 Å². The smallest absolute Gasteiger partial charge is 0.270 e. The molecule has 1 aromatic heterocycles. The van der Waals surface area contributed by atoms with Gasteiger partial charge in [-0.3, -0.25) is 14.6 Å². The Balaban J connectivity index is 2.16. The van der Waals surface area contributed by atoms with Gasteiger partial charge in [0, 0.05) is 28.0 Å². The van der Waals surface area contributed by atoms with Crippen molar-refractivity contribution < 1.29 is 9.59 Å². The first-order valence-corrected chi connectivity index (χ1v) is 7.89. The Morgan fingerprint density at radius 1 is 1.08 bits per heavy atom. The summed E-state index contributed by atoms with van der Waals surface area (Å²) in [5.74, 6) is -0.655. The lowest BCUT2D eigenvalue weighted by Crippen LogP contribution is -2.41. The van der Waals surface area contributed by atoms with Crippen LogP contribution in [-0.4, -0.2) is 22.3 Å². The molecule has 0 saturated heterocycles. The normalized spacial score (nSPS) is 11.0. The van der Waals surface area contributed by atoms with E-state index in [0.29, 0.717) is 16.3 Å². The average Bonchev–Trinajstić information content (AvgIpc) is 2.49. The fourth-order valence-corrected chi connectivity index (χ4v) is 2.15. The van der Waals surface area contributed by atoms with Crippen LogP contribution >= 0.6 is 11.6 Å². The number of rotatable bonds is 3. The molecule has 2 amide bonds. The quantitative estimate of drug-likeness (QED) is 0.888. The van der Waals surface area contributed by atoms with Crippen LogP contribution in [0.1, 0.15) is 47.2 Å². The molecule has 2 aromatic rings. The molecule has 1 heterocycles. The first kappa shape index (κ1) is 17.9. The van der Waals surface area contributed by atoms with E-state index in [4.69, 9.17) is 11.6 Å². The van der Waals surface area contributed by atoms with Crippen molar-refractivity contribution in [2.24, 2.45) is 0 Å². The predicted octanol–water partition coefficient (Wildman–Crippen LogP) is 3.82. The molecule has 126 valence electrons. The summed E-state index contributed by atoms with van der Waals surface area (Å²) >= 11 is 6.06. The Labute approximate surface area is 146 Å². The standard InChI is InChI=1S/C18H20ClN3O2/c1-11-5-6-13(10-14(11)19)21-16(23)12-7-8-20-15(9-12)17(24)22-18(2,3)4/h5-10H,1-4H3,(H,21,23)(H,22,24). The fraction of sp³-hybridized carbons (Fsp3) is 0.278. The zero-order chi connectivity index (χ0) is 17.9. The predicted molar refractivity (Wildman–Crippen MR) is 95.6 cm³/mol. The van der Waals surface area contributed by atoms with Gasteiger partial charge in [-0.05, 0) is 57.5 Å². The number of pyridine rings is 1. The molecule has 5 nitrogen and oxygen atoms in total. The molecule has 0 spiro atoms. The Morgan fingerprint density at radius 2 is 1.79 bits per heavy atom. The van der Waals surface area contributed by atoms with Gasteiger partial charge in [0.2, 0.25) is 0 Å². The highest BCUT2D eigenvalue weighted by Crippen LogP contribution is 2.20. The van der Waals surface area contributed by atoms with Crippen LogP contribution in [0, 0.1) is 6.92 Å². The molecule has 2 N–H and O–H groups in total. The molecule has 0 aliphatic rings. The minimum absolute atomic E-state index is 0.194. The first-order chi connectivity index (χ1) is 11.2. The van der Waals surface area contributed by atoms with E-state index in [1.807, 2.05) is 33.8 Å². The summed E-state index contributed by atoms with van der Waals surface area (Å²) in [5, 5.41) is 6.15. The molecule has 6 heteroatoms. The lowest BCUT2D eigenvalue weighted by molar-refractivity contribution is 0.0914. The van der Waals surface area contributed by atoms with Crippen molar-refractivity contribution in [2.45, 2.75) is 33.2 Å². The number of nitrogens with zero attached hydrogens (tertiary/aromatic N) is 1. The third-order valence-electron chi connectivity index (χ3n) is 3.17. The van der Waals surface area contributed by atoms with E-state index in [9.17, 15) is 9.59 Å². The highest BCUT2D eigenvalue weighted by atomic mass is 35.5. The summed E-state index contributed by atoms with van der Waals surface area (Å²) in [6, 6.07) is 8.30. The summed E-state index contributed by atoms with van der Waals surface area (Å²) in [4.78, 5) is 28.5. The van der Waals surface area contributed by atoms with E-state index < -0.39 is 0 Å². The van der Waals surface area contributed by atoms with Crippen molar-refractivity contribution in [3.63, 3.8) is 0 Å². The van der Waals surface area contributed by atoms with E-state index in [1.165, 1.54) is 12.3 Å². The molecule has 0 fully saturated rings. The zero-order valence-electron chi connectivity index (χ0n) is 14.1. The third-order valence-corrected chi connectivity index (χ3v) is 3.58. The Bertz CT molecular complexity index is 782. The van der Waals surface area contributed by atoms with Crippen LogP contribution in [0.3, 0.4) is 0 Å². The second-order valence-corrected chi connectivity index (χ2v) is 6.96. The monoisotopic (exact) mass is 345 g/mol. The lowest BCUT2D eigenvalue weighted by atomic mass is 10.1. The summed E-state index contributed by atoms with van der Waals surface area (Å²) < 4.78 is 0. The van der Waals surface area contributed by atoms with Gasteiger partial charge < -0.3 is 10.6 Å². The maximum atomic E-state index is 12.4. The zero-order valence-corrected chi connectivity index (χ0v) is 14.9. The third kappa shape index (κ3) is 4.80. The molecule has 0 aliphatic carbocycles. The van der Waals surface area contributed by atoms with Crippen LogP contribution in [0.4, 0.5) is 5.69 Å². The van der Waals surface area contributed by atoms with Gasteiger partial charge in [0.1, 0.15) is 5.69 Å². The highest BCUT2D eigenvalue weighted by molar-refractivity contribution is 6.31. The molecule has 24 heavy (non-hydrogen) atoms. The van der Waals surface area contributed by atoms with Gasteiger partial charge in [0.15, 0.2) is 0 Å². The Kier molecular flexibility index (Phi) is 5.24. The van der Waals surface area contributed by atoms with Crippen LogP contribution < -0.4 is 10.6 Å². The fourth-order valence-electron chi connectivity index (χ4n) is 1.97.